The van der Waals surface area contributed by atoms with Crippen molar-refractivity contribution >= 4 is 11.7 Å². The highest BCUT2D eigenvalue weighted by Crippen LogP contribution is 2.31. The molecule has 0 saturated carbocycles. The van der Waals surface area contributed by atoms with E-state index >= 15 is 0 Å². The monoisotopic (exact) mass is 495 g/mol. The summed E-state index contributed by atoms with van der Waals surface area (Å²) in [5.74, 6) is 0.627. The van der Waals surface area contributed by atoms with Gasteiger partial charge in [0.2, 0.25) is 5.89 Å². The second-order valence-corrected chi connectivity index (χ2v) is 10.4. The molecule has 1 fully saturated rings. The summed E-state index contributed by atoms with van der Waals surface area (Å²) in [5.41, 5.74) is 0.250. The summed E-state index contributed by atoms with van der Waals surface area (Å²) in [6, 6.07) is 1.56. The highest BCUT2D eigenvalue weighted by atomic mass is 16.6. The van der Waals surface area contributed by atoms with Crippen LogP contribution < -0.4 is 5.56 Å². The molecule has 5 heterocycles. The third kappa shape index (κ3) is 4.36. The van der Waals surface area contributed by atoms with Crippen molar-refractivity contribution in [3.8, 4) is 11.5 Å². The summed E-state index contributed by atoms with van der Waals surface area (Å²) in [4.78, 5) is 33.6. The van der Waals surface area contributed by atoms with E-state index in [0.29, 0.717) is 43.0 Å². The van der Waals surface area contributed by atoms with Crippen LogP contribution in [0.25, 0.3) is 17.1 Å². The molecule has 0 aliphatic carbocycles. The second kappa shape index (κ2) is 8.57. The molecule has 36 heavy (non-hydrogen) atoms. The van der Waals surface area contributed by atoms with E-state index in [-0.39, 0.29) is 23.5 Å². The van der Waals surface area contributed by atoms with Crippen LogP contribution in [0.4, 0.5) is 4.79 Å². The number of nitrogens with zero attached hydrogens (tertiary/aromatic N) is 8. The maximum Gasteiger partial charge on any atom is 0.410 e. The van der Waals surface area contributed by atoms with E-state index in [2.05, 4.69) is 30.4 Å². The Hall–Kier alpha value is -4.03. The zero-order valence-corrected chi connectivity index (χ0v) is 20.9. The number of likely N-dealkylation sites (tertiary alicyclic amines) is 1. The summed E-state index contributed by atoms with van der Waals surface area (Å²) in [7, 11) is 0. The molecular weight excluding hydrogens is 466 g/mol. The van der Waals surface area contributed by atoms with E-state index in [9.17, 15) is 9.59 Å². The Morgan fingerprint density at radius 3 is 2.56 bits per heavy atom. The lowest BCUT2D eigenvalue weighted by atomic mass is 9.93. The predicted octanol–water partition coefficient (Wildman–Crippen LogP) is 2.56. The Morgan fingerprint density at radius 2 is 1.89 bits per heavy atom. The van der Waals surface area contributed by atoms with Gasteiger partial charge in [-0.2, -0.15) is 10.2 Å². The number of rotatable bonds is 4. The molecule has 1 aliphatic rings. The molecule has 190 valence electrons. The van der Waals surface area contributed by atoms with Crippen LogP contribution in [0.5, 0.6) is 0 Å². The maximum absolute atomic E-state index is 12.6. The number of carbonyl (C=O) groups excluding carboxylic acids is 1. The Morgan fingerprint density at radius 1 is 1.14 bits per heavy atom. The number of H-pyrrole nitrogens is 1. The van der Waals surface area contributed by atoms with Gasteiger partial charge in [0.25, 0.3) is 11.4 Å². The van der Waals surface area contributed by atoms with Gasteiger partial charge in [-0.3, -0.25) is 4.79 Å². The van der Waals surface area contributed by atoms with E-state index in [4.69, 9.17) is 9.15 Å². The van der Waals surface area contributed by atoms with Crippen molar-refractivity contribution in [1.29, 1.82) is 0 Å². The average molecular weight is 496 g/mol. The first-order valence-corrected chi connectivity index (χ1v) is 11.8. The lowest BCUT2D eigenvalue weighted by Gasteiger charge is -2.33. The van der Waals surface area contributed by atoms with Gasteiger partial charge >= 0.3 is 6.09 Å². The standard InChI is InChI=1S/C23H29N9O4/c1-22(2,3)36-21(34)30-8-6-14(7-9-30)16-10-17(33)27-18-15(11-25-32(16)18)19-28-29-20(35-19)23(4,5)31-13-24-12-26-31/h10-14H,6-9H2,1-5H3,(H,27,33). The van der Waals surface area contributed by atoms with Crippen molar-refractivity contribution in [3.05, 3.63) is 46.9 Å². The van der Waals surface area contributed by atoms with Gasteiger partial charge in [-0.1, -0.05) is 0 Å². The first-order valence-electron chi connectivity index (χ1n) is 11.8. The van der Waals surface area contributed by atoms with Crippen molar-refractivity contribution in [2.75, 3.05) is 13.1 Å². The molecule has 1 amide bonds. The van der Waals surface area contributed by atoms with Crippen molar-refractivity contribution < 1.29 is 13.9 Å². The minimum absolute atomic E-state index is 0.0470. The first kappa shape index (κ1) is 23.7. The summed E-state index contributed by atoms with van der Waals surface area (Å²) in [6.07, 6.45) is 5.67. The molecule has 0 atom stereocenters. The predicted molar refractivity (Wildman–Crippen MR) is 127 cm³/mol. The van der Waals surface area contributed by atoms with Gasteiger partial charge in [0.05, 0.1) is 11.9 Å². The number of amides is 1. The fraction of sp³-hybridized carbons (Fsp3) is 0.522. The van der Waals surface area contributed by atoms with E-state index in [0.717, 1.165) is 5.69 Å². The van der Waals surface area contributed by atoms with Crippen LogP contribution in [-0.2, 0) is 10.3 Å². The molecule has 1 aliphatic heterocycles. The van der Waals surface area contributed by atoms with Crippen LogP contribution in [0.1, 0.15) is 65.0 Å². The maximum atomic E-state index is 12.6. The van der Waals surface area contributed by atoms with Crippen LogP contribution in [0.3, 0.4) is 0 Å². The quantitative estimate of drug-likeness (QED) is 0.450. The Balaban J connectivity index is 1.41. The molecule has 4 aromatic heterocycles. The molecule has 13 heteroatoms. The molecule has 0 aromatic carbocycles. The molecule has 0 bridgehead atoms. The summed E-state index contributed by atoms with van der Waals surface area (Å²) in [6.45, 7) is 10.4. The topological polar surface area (TPSA) is 149 Å². The molecule has 0 radical (unpaired) electrons. The van der Waals surface area contributed by atoms with Gasteiger partial charge in [-0.15, -0.1) is 10.2 Å². The Kier molecular flexibility index (Phi) is 5.64. The van der Waals surface area contributed by atoms with Crippen molar-refractivity contribution in [2.45, 2.75) is 64.5 Å². The molecule has 13 nitrogen and oxygen atoms in total. The number of hydrogen-bond acceptors (Lipinski definition) is 9. The van der Waals surface area contributed by atoms with Gasteiger partial charge in [-0.25, -0.2) is 19.0 Å². The van der Waals surface area contributed by atoms with E-state index in [1.165, 1.54) is 6.33 Å². The number of carbonyl (C=O) groups is 1. The zero-order chi connectivity index (χ0) is 25.7. The van der Waals surface area contributed by atoms with Crippen molar-refractivity contribution in [3.63, 3.8) is 0 Å². The third-order valence-corrected chi connectivity index (χ3v) is 6.27. The second-order valence-electron chi connectivity index (χ2n) is 10.4. The van der Waals surface area contributed by atoms with Gasteiger partial charge in [0.15, 0.2) is 0 Å². The fourth-order valence-electron chi connectivity index (χ4n) is 4.32. The number of nitrogens with one attached hydrogen (secondary N) is 1. The lowest BCUT2D eigenvalue weighted by Crippen LogP contribution is -2.41. The number of ether oxygens (including phenoxy) is 1. The molecule has 5 rings (SSSR count). The highest BCUT2D eigenvalue weighted by Gasteiger charge is 2.32. The summed E-state index contributed by atoms with van der Waals surface area (Å²) < 4.78 is 14.8. The number of hydrogen-bond donors (Lipinski definition) is 1. The molecule has 4 aromatic rings. The number of fused-ring (bicyclic) bond motifs is 1. The molecule has 0 unspecified atom stereocenters. The number of piperidine rings is 1. The van der Waals surface area contributed by atoms with E-state index in [1.54, 1.807) is 32.7 Å². The molecule has 1 N–H and O–H groups in total. The smallest absolute Gasteiger partial charge is 0.410 e. The SMILES string of the molecule is CC(C)(C)OC(=O)N1CCC(c2cc(=O)[nH]c3c(-c4nnc(C(C)(C)n5cncn5)o4)cnn23)CC1. The van der Waals surface area contributed by atoms with Crippen molar-refractivity contribution in [2.24, 2.45) is 0 Å². The zero-order valence-electron chi connectivity index (χ0n) is 20.9. The van der Waals surface area contributed by atoms with E-state index < -0.39 is 11.1 Å². The Bertz CT molecular complexity index is 1430. The van der Waals surface area contributed by atoms with Crippen LogP contribution >= 0.6 is 0 Å². The summed E-state index contributed by atoms with van der Waals surface area (Å²) in [5, 5.41) is 17.1. The van der Waals surface area contributed by atoms with Gasteiger partial charge in [0.1, 0.15) is 35.0 Å². The van der Waals surface area contributed by atoms with Crippen LogP contribution in [0, 0.1) is 0 Å². The summed E-state index contributed by atoms with van der Waals surface area (Å²) >= 11 is 0. The largest absolute Gasteiger partial charge is 0.444 e. The average Bonchev–Trinajstić information content (AvgIpc) is 3.58. The van der Waals surface area contributed by atoms with Gasteiger partial charge in [-0.05, 0) is 47.5 Å². The normalized spacial score (nSPS) is 15.5. The molecule has 0 spiro atoms. The van der Waals surface area contributed by atoms with Gasteiger partial charge in [0, 0.05) is 25.1 Å². The number of aromatic nitrogens is 8. The van der Waals surface area contributed by atoms with Crippen LogP contribution in [0.15, 0.2) is 34.1 Å². The van der Waals surface area contributed by atoms with Crippen LogP contribution in [0.2, 0.25) is 0 Å². The molecule has 1 saturated heterocycles. The van der Waals surface area contributed by atoms with E-state index in [1.807, 2.05) is 34.6 Å². The van der Waals surface area contributed by atoms with Gasteiger partial charge < -0.3 is 19.0 Å². The first-order chi connectivity index (χ1) is 17.0. The van der Waals surface area contributed by atoms with Crippen molar-refractivity contribution in [1.82, 2.24) is 44.5 Å². The van der Waals surface area contributed by atoms with Crippen LogP contribution in [-0.4, -0.2) is 69.2 Å². The molecular formula is C23H29N9O4. The third-order valence-electron chi connectivity index (χ3n) is 6.27. The highest BCUT2D eigenvalue weighted by molar-refractivity contribution is 5.71. The Labute approximate surface area is 206 Å². The lowest BCUT2D eigenvalue weighted by molar-refractivity contribution is 0.0203. The minimum Gasteiger partial charge on any atom is -0.444 e. The minimum atomic E-state index is -0.717. The fourth-order valence-corrected chi connectivity index (χ4v) is 4.32. The number of aromatic amines is 1.